The Morgan fingerprint density at radius 2 is 2.29 bits per heavy atom. The van der Waals surface area contributed by atoms with Gasteiger partial charge in [0.1, 0.15) is 6.61 Å². The highest BCUT2D eigenvalue weighted by Gasteiger charge is 2.09. The van der Waals surface area contributed by atoms with E-state index in [4.69, 9.17) is 4.74 Å². The molecule has 0 radical (unpaired) electrons. The van der Waals surface area contributed by atoms with E-state index in [9.17, 15) is 4.39 Å². The van der Waals surface area contributed by atoms with Crippen LogP contribution < -0.4 is 4.74 Å². The highest BCUT2D eigenvalue weighted by atomic mass is 79.9. The van der Waals surface area contributed by atoms with E-state index in [0.717, 1.165) is 16.3 Å². The van der Waals surface area contributed by atoms with Gasteiger partial charge in [0.15, 0.2) is 11.6 Å². The first kappa shape index (κ1) is 12.5. The van der Waals surface area contributed by atoms with Gasteiger partial charge in [0.05, 0.1) is 10.7 Å². The normalized spacial score (nSPS) is 10.5. The Labute approximate surface area is 112 Å². The fraction of sp³-hybridized carbons (Fsp3) is 0.250. The number of hydrogen-bond acceptors (Lipinski definition) is 3. The molecule has 17 heavy (non-hydrogen) atoms. The molecule has 2 rings (SSSR count). The molecule has 0 aliphatic heterocycles. The van der Waals surface area contributed by atoms with Crippen molar-refractivity contribution in [2.75, 3.05) is 0 Å². The summed E-state index contributed by atoms with van der Waals surface area (Å²) in [5, 5.41) is 3.47. The fourth-order valence-corrected chi connectivity index (χ4v) is 2.48. The van der Waals surface area contributed by atoms with Gasteiger partial charge < -0.3 is 4.74 Å². The number of thiazole rings is 1. The van der Waals surface area contributed by atoms with E-state index < -0.39 is 0 Å². The summed E-state index contributed by atoms with van der Waals surface area (Å²) in [6.45, 7) is 2.23. The number of ether oxygens (including phenoxy) is 1. The molecular weight excluding hydrogens is 305 g/mol. The Morgan fingerprint density at radius 3 is 2.94 bits per heavy atom. The molecule has 0 spiro atoms. The predicted molar refractivity (Wildman–Crippen MR) is 70.2 cm³/mol. The van der Waals surface area contributed by atoms with E-state index in [0.29, 0.717) is 17.7 Å². The largest absolute Gasteiger partial charge is 0.484 e. The number of rotatable bonds is 4. The van der Waals surface area contributed by atoms with Gasteiger partial charge in [0.25, 0.3) is 0 Å². The van der Waals surface area contributed by atoms with Crippen LogP contribution in [-0.2, 0) is 11.9 Å². The van der Waals surface area contributed by atoms with Gasteiger partial charge in [-0.15, -0.1) is 11.3 Å². The molecule has 0 atom stereocenters. The highest BCUT2D eigenvalue weighted by molar-refractivity contribution is 9.08. The third kappa shape index (κ3) is 3.04. The second-order valence-corrected chi connectivity index (χ2v) is 5.13. The van der Waals surface area contributed by atoms with Crippen molar-refractivity contribution in [3.8, 4) is 5.75 Å². The van der Waals surface area contributed by atoms with Gasteiger partial charge in [-0.1, -0.05) is 28.1 Å². The molecule has 5 heteroatoms. The summed E-state index contributed by atoms with van der Waals surface area (Å²) in [5.74, 6) is -0.0380. The topological polar surface area (TPSA) is 22.1 Å². The third-order valence-electron chi connectivity index (χ3n) is 2.22. The number of hydrogen-bond donors (Lipinski definition) is 0. The number of nitrogens with zero attached hydrogens (tertiary/aromatic N) is 1. The maximum Gasteiger partial charge on any atom is 0.165 e. The van der Waals surface area contributed by atoms with E-state index >= 15 is 0 Å². The molecule has 0 fully saturated rings. The minimum atomic E-state index is -0.339. The molecule has 0 saturated carbocycles. The minimum absolute atomic E-state index is 0.297. The van der Waals surface area contributed by atoms with Gasteiger partial charge >= 0.3 is 0 Å². The first-order chi connectivity index (χ1) is 8.20. The lowest BCUT2D eigenvalue weighted by atomic mass is 10.2. The van der Waals surface area contributed by atoms with Crippen LogP contribution in [0.4, 0.5) is 4.39 Å². The van der Waals surface area contributed by atoms with Crippen LogP contribution in [0.1, 0.15) is 16.3 Å². The van der Waals surface area contributed by atoms with E-state index in [1.807, 2.05) is 18.4 Å². The van der Waals surface area contributed by atoms with Crippen LogP contribution in [-0.4, -0.2) is 4.98 Å². The second kappa shape index (κ2) is 5.60. The number of halogens is 2. The lowest BCUT2D eigenvalue weighted by molar-refractivity contribution is 0.284. The van der Waals surface area contributed by atoms with E-state index in [-0.39, 0.29) is 5.82 Å². The maximum atomic E-state index is 13.6. The zero-order valence-corrected chi connectivity index (χ0v) is 11.6. The van der Waals surface area contributed by atoms with E-state index in [2.05, 4.69) is 20.9 Å². The van der Waals surface area contributed by atoms with Crippen molar-refractivity contribution >= 4 is 27.3 Å². The molecule has 0 aliphatic rings. The Morgan fingerprint density at radius 1 is 1.47 bits per heavy atom. The lowest BCUT2D eigenvalue weighted by Gasteiger charge is -2.09. The van der Waals surface area contributed by atoms with Gasteiger partial charge in [0, 0.05) is 16.3 Å². The van der Waals surface area contributed by atoms with Crippen molar-refractivity contribution in [3.63, 3.8) is 0 Å². The van der Waals surface area contributed by atoms with Crippen LogP contribution in [0.3, 0.4) is 0 Å². The number of alkyl halides is 1. The Bertz CT molecular complexity index is 515. The fourth-order valence-electron chi connectivity index (χ4n) is 1.44. The number of aryl methyl sites for hydroxylation is 1. The summed E-state index contributed by atoms with van der Waals surface area (Å²) in [6, 6.07) is 4.90. The molecule has 0 aliphatic carbocycles. The third-order valence-corrected chi connectivity index (χ3v) is 3.65. The van der Waals surface area contributed by atoms with E-state index in [1.54, 1.807) is 17.4 Å². The number of aromatic nitrogens is 1. The number of para-hydroxylation sites is 1. The molecule has 1 aromatic carbocycles. The van der Waals surface area contributed by atoms with Gasteiger partial charge in [-0.3, -0.25) is 0 Å². The van der Waals surface area contributed by atoms with Crippen LogP contribution in [0.5, 0.6) is 5.75 Å². The lowest BCUT2D eigenvalue weighted by Crippen LogP contribution is -2.00. The van der Waals surface area contributed by atoms with Gasteiger partial charge in [0.2, 0.25) is 0 Å². The van der Waals surface area contributed by atoms with Gasteiger partial charge in [-0.05, 0) is 13.0 Å². The van der Waals surface area contributed by atoms with Crippen molar-refractivity contribution in [1.82, 2.24) is 4.98 Å². The Kier molecular flexibility index (Phi) is 4.12. The first-order valence-electron chi connectivity index (χ1n) is 5.08. The summed E-state index contributed by atoms with van der Waals surface area (Å²) in [4.78, 5) is 4.27. The molecule has 0 unspecified atom stereocenters. The smallest absolute Gasteiger partial charge is 0.165 e. The van der Waals surface area contributed by atoms with Crippen molar-refractivity contribution in [3.05, 3.63) is 45.7 Å². The standard InChI is InChI=1S/C12H11BrFNOS/c1-8-15-10(7-17-8)6-16-12-9(5-13)3-2-4-11(12)14/h2-4,7H,5-6H2,1H3. The van der Waals surface area contributed by atoms with Gasteiger partial charge in [-0.25, -0.2) is 9.37 Å². The SMILES string of the molecule is Cc1nc(COc2c(F)cccc2CBr)cs1. The summed E-state index contributed by atoms with van der Waals surface area (Å²) in [7, 11) is 0. The van der Waals surface area contributed by atoms with Crippen molar-refractivity contribution < 1.29 is 9.13 Å². The molecule has 90 valence electrons. The highest BCUT2D eigenvalue weighted by Crippen LogP contribution is 2.25. The Balaban J connectivity index is 2.13. The average Bonchev–Trinajstić information content (AvgIpc) is 2.73. The van der Waals surface area contributed by atoms with Crippen molar-refractivity contribution in [2.24, 2.45) is 0 Å². The molecule has 2 nitrogen and oxygen atoms in total. The predicted octanol–water partition coefficient (Wildman–Crippen LogP) is 4.06. The van der Waals surface area contributed by atoms with Crippen LogP contribution in [0.15, 0.2) is 23.6 Å². The average molecular weight is 316 g/mol. The molecule has 2 aromatic rings. The molecular formula is C12H11BrFNOS. The van der Waals surface area contributed by atoms with Gasteiger partial charge in [-0.2, -0.15) is 0 Å². The van der Waals surface area contributed by atoms with Crippen LogP contribution in [0, 0.1) is 12.7 Å². The minimum Gasteiger partial charge on any atom is -0.484 e. The Hall–Kier alpha value is -0.940. The quantitative estimate of drug-likeness (QED) is 0.794. The zero-order valence-electron chi connectivity index (χ0n) is 9.24. The summed E-state index contributed by atoms with van der Waals surface area (Å²) in [5.41, 5.74) is 1.63. The summed E-state index contributed by atoms with van der Waals surface area (Å²) in [6.07, 6.45) is 0. The van der Waals surface area contributed by atoms with E-state index in [1.165, 1.54) is 6.07 Å². The second-order valence-electron chi connectivity index (χ2n) is 3.51. The molecule has 0 amide bonds. The molecule has 1 aromatic heterocycles. The van der Waals surface area contributed by atoms with Crippen LogP contribution in [0.2, 0.25) is 0 Å². The molecule has 0 bridgehead atoms. The zero-order chi connectivity index (χ0) is 12.3. The number of benzene rings is 1. The maximum absolute atomic E-state index is 13.6. The van der Waals surface area contributed by atoms with Crippen molar-refractivity contribution in [1.29, 1.82) is 0 Å². The van der Waals surface area contributed by atoms with Crippen LogP contribution in [0.25, 0.3) is 0 Å². The first-order valence-corrected chi connectivity index (χ1v) is 7.08. The van der Waals surface area contributed by atoms with Crippen LogP contribution >= 0.6 is 27.3 Å². The molecule has 0 saturated heterocycles. The molecule has 1 heterocycles. The molecule has 0 N–H and O–H groups in total. The summed E-state index contributed by atoms with van der Waals surface area (Å²) < 4.78 is 19.1. The monoisotopic (exact) mass is 315 g/mol. The summed E-state index contributed by atoms with van der Waals surface area (Å²) >= 11 is 4.87. The van der Waals surface area contributed by atoms with Crippen molar-refractivity contribution in [2.45, 2.75) is 18.9 Å².